The minimum atomic E-state index is -0.423. The Morgan fingerprint density at radius 1 is 1.12 bits per heavy atom. The lowest BCUT2D eigenvalue weighted by Crippen LogP contribution is -2.37. The van der Waals surface area contributed by atoms with Gasteiger partial charge in [-0.3, -0.25) is 10.1 Å². The smallest absolute Gasteiger partial charge is 0.323 e. The van der Waals surface area contributed by atoms with Gasteiger partial charge in [0.2, 0.25) is 5.91 Å². The highest BCUT2D eigenvalue weighted by molar-refractivity contribution is 7.22. The summed E-state index contributed by atoms with van der Waals surface area (Å²) in [5.41, 5.74) is 1.32. The molecule has 3 rings (SSSR count). The fourth-order valence-corrected chi connectivity index (χ4v) is 3.33. The number of anilines is 2. The molecule has 0 unspecified atom stereocenters. The van der Waals surface area contributed by atoms with E-state index in [0.717, 1.165) is 10.2 Å². The highest BCUT2D eigenvalue weighted by atomic mass is 35.5. The van der Waals surface area contributed by atoms with Crippen molar-refractivity contribution in [3.8, 4) is 0 Å². The lowest BCUT2D eigenvalue weighted by Gasteiger charge is -2.16. The Hall–Kier alpha value is -2.35. The predicted molar refractivity (Wildman–Crippen MR) is 106 cm³/mol. The fourth-order valence-electron chi connectivity index (χ4n) is 2.17. The molecular weight excluding hydrogens is 395 g/mol. The predicted octanol–water partition coefficient (Wildman–Crippen LogP) is 4.71. The van der Waals surface area contributed by atoms with Crippen LogP contribution in [0.25, 0.3) is 10.2 Å². The van der Waals surface area contributed by atoms with Crippen molar-refractivity contribution in [3.63, 3.8) is 0 Å². The zero-order valence-corrected chi connectivity index (χ0v) is 16.0. The molecular formula is C17H14Cl2N4O2S. The van der Waals surface area contributed by atoms with E-state index in [9.17, 15) is 9.59 Å². The first-order valence-electron chi connectivity index (χ1n) is 7.55. The molecule has 0 aliphatic carbocycles. The molecule has 3 aromatic rings. The number of benzene rings is 2. The van der Waals surface area contributed by atoms with Crippen LogP contribution < -0.4 is 10.6 Å². The van der Waals surface area contributed by atoms with Crippen LogP contribution in [0, 0.1) is 0 Å². The van der Waals surface area contributed by atoms with Gasteiger partial charge >= 0.3 is 6.03 Å². The number of nitrogens with one attached hydrogen (secondary N) is 2. The third-order valence-electron chi connectivity index (χ3n) is 3.44. The summed E-state index contributed by atoms with van der Waals surface area (Å²) >= 11 is 13.1. The number of nitrogens with zero attached hydrogens (tertiary/aromatic N) is 2. The lowest BCUT2D eigenvalue weighted by molar-refractivity contribution is -0.116. The van der Waals surface area contributed by atoms with Gasteiger partial charge in [-0.05, 0) is 30.3 Å². The number of rotatable bonds is 4. The van der Waals surface area contributed by atoms with E-state index in [-0.39, 0.29) is 12.5 Å². The normalized spacial score (nSPS) is 10.6. The molecule has 9 heteroatoms. The molecule has 0 aliphatic heterocycles. The van der Waals surface area contributed by atoms with Crippen molar-refractivity contribution in [2.45, 2.75) is 0 Å². The minimum Gasteiger partial charge on any atom is -0.324 e. The number of halogens is 2. The number of aromatic nitrogens is 1. The molecule has 6 nitrogen and oxygen atoms in total. The van der Waals surface area contributed by atoms with Crippen molar-refractivity contribution < 1.29 is 9.59 Å². The highest BCUT2D eigenvalue weighted by Crippen LogP contribution is 2.26. The maximum absolute atomic E-state index is 12.2. The van der Waals surface area contributed by atoms with Gasteiger partial charge in [-0.15, -0.1) is 0 Å². The Bertz CT molecular complexity index is 943. The number of para-hydroxylation sites is 1. The van der Waals surface area contributed by atoms with Gasteiger partial charge < -0.3 is 10.2 Å². The third-order valence-corrected chi connectivity index (χ3v) is 5.13. The van der Waals surface area contributed by atoms with E-state index in [4.69, 9.17) is 23.2 Å². The molecule has 1 heterocycles. The largest absolute Gasteiger partial charge is 0.324 e. The number of amides is 3. The van der Waals surface area contributed by atoms with Crippen LogP contribution in [0.15, 0.2) is 42.5 Å². The molecule has 0 radical (unpaired) electrons. The minimum absolute atomic E-state index is 0.128. The topological polar surface area (TPSA) is 74.3 Å². The molecule has 0 spiro atoms. The lowest BCUT2D eigenvalue weighted by atomic mass is 10.3. The first-order chi connectivity index (χ1) is 12.4. The molecule has 0 saturated carbocycles. The van der Waals surface area contributed by atoms with Gasteiger partial charge in [-0.2, -0.15) is 0 Å². The molecule has 0 bridgehead atoms. The zero-order valence-electron chi connectivity index (χ0n) is 13.6. The van der Waals surface area contributed by atoms with E-state index in [2.05, 4.69) is 15.6 Å². The van der Waals surface area contributed by atoms with Gasteiger partial charge in [0.25, 0.3) is 0 Å². The molecule has 3 amide bonds. The molecule has 0 saturated heterocycles. The summed E-state index contributed by atoms with van der Waals surface area (Å²) < 4.78 is 0.975. The van der Waals surface area contributed by atoms with Gasteiger partial charge in [-0.25, -0.2) is 9.78 Å². The van der Waals surface area contributed by atoms with Crippen LogP contribution in [0.4, 0.5) is 15.6 Å². The molecule has 134 valence electrons. The maximum Gasteiger partial charge on any atom is 0.323 e. The molecule has 0 aliphatic rings. The Morgan fingerprint density at radius 3 is 2.62 bits per heavy atom. The number of carbonyl (C=O) groups excluding carboxylic acids is 2. The average Bonchev–Trinajstić information content (AvgIpc) is 3.00. The number of carbonyl (C=O) groups is 2. The Labute approximate surface area is 163 Å². The van der Waals surface area contributed by atoms with Gasteiger partial charge in [0.05, 0.1) is 20.3 Å². The van der Waals surface area contributed by atoms with Crippen molar-refractivity contribution in [2.75, 3.05) is 24.2 Å². The van der Waals surface area contributed by atoms with Crippen LogP contribution in [0.2, 0.25) is 10.0 Å². The zero-order chi connectivity index (χ0) is 18.7. The Morgan fingerprint density at radius 2 is 1.88 bits per heavy atom. The number of thiazole rings is 1. The summed E-state index contributed by atoms with van der Waals surface area (Å²) in [6, 6.07) is 11.9. The van der Waals surface area contributed by atoms with E-state index in [1.807, 2.05) is 24.3 Å². The molecule has 1 aromatic heterocycles. The van der Waals surface area contributed by atoms with Gasteiger partial charge in [-0.1, -0.05) is 46.7 Å². The fraction of sp³-hybridized carbons (Fsp3) is 0.118. The molecule has 26 heavy (non-hydrogen) atoms. The van der Waals surface area contributed by atoms with Crippen LogP contribution in [0.3, 0.4) is 0 Å². The number of likely N-dealkylation sites (N-methyl/N-ethyl adjacent to an activating group) is 1. The standard InChI is InChI=1S/C17H14Cl2N4O2S/c1-23(9-15(24)20-10-6-7-11(18)12(19)8-10)17(25)22-16-21-13-4-2-3-5-14(13)26-16/h2-8H,9H2,1H3,(H,20,24)(H,21,22,25). The van der Waals surface area contributed by atoms with Crippen LogP contribution in [-0.4, -0.2) is 35.4 Å². The summed E-state index contributed by atoms with van der Waals surface area (Å²) in [5.74, 6) is -0.356. The molecule has 0 atom stereocenters. The van der Waals surface area contributed by atoms with Crippen molar-refractivity contribution in [1.29, 1.82) is 0 Å². The second-order valence-corrected chi connectivity index (χ2v) is 7.30. The van der Waals surface area contributed by atoms with E-state index in [0.29, 0.717) is 20.9 Å². The summed E-state index contributed by atoms with van der Waals surface area (Å²) in [5, 5.41) is 6.58. The first-order valence-corrected chi connectivity index (χ1v) is 9.12. The van der Waals surface area contributed by atoms with Crippen molar-refractivity contribution >= 4 is 67.5 Å². The third kappa shape index (κ3) is 4.43. The number of hydrogen-bond donors (Lipinski definition) is 2. The Kier molecular flexibility index (Phi) is 5.61. The van der Waals surface area contributed by atoms with E-state index < -0.39 is 6.03 Å². The second-order valence-electron chi connectivity index (χ2n) is 5.45. The first kappa shape index (κ1) is 18.4. The average molecular weight is 409 g/mol. The second kappa shape index (κ2) is 7.90. The van der Waals surface area contributed by atoms with E-state index >= 15 is 0 Å². The number of urea groups is 1. The van der Waals surface area contributed by atoms with Crippen LogP contribution in [-0.2, 0) is 4.79 Å². The number of hydrogen-bond acceptors (Lipinski definition) is 4. The van der Waals surface area contributed by atoms with Crippen LogP contribution >= 0.6 is 34.5 Å². The van der Waals surface area contributed by atoms with Gasteiger partial charge in [0.1, 0.15) is 6.54 Å². The summed E-state index contributed by atoms with van der Waals surface area (Å²) in [6.45, 7) is -0.128. The molecule has 2 aromatic carbocycles. The summed E-state index contributed by atoms with van der Waals surface area (Å²) in [7, 11) is 1.52. The van der Waals surface area contributed by atoms with E-state index in [1.54, 1.807) is 18.2 Å². The van der Waals surface area contributed by atoms with Gasteiger partial charge in [0, 0.05) is 12.7 Å². The number of fused-ring (bicyclic) bond motifs is 1. The SMILES string of the molecule is CN(CC(=O)Nc1ccc(Cl)c(Cl)c1)C(=O)Nc1nc2ccccc2s1. The molecule has 0 fully saturated rings. The monoisotopic (exact) mass is 408 g/mol. The van der Waals surface area contributed by atoms with Crippen molar-refractivity contribution in [2.24, 2.45) is 0 Å². The van der Waals surface area contributed by atoms with Crippen molar-refractivity contribution in [3.05, 3.63) is 52.5 Å². The Balaban J connectivity index is 1.57. The van der Waals surface area contributed by atoms with Gasteiger partial charge in [0.15, 0.2) is 5.13 Å². The summed E-state index contributed by atoms with van der Waals surface area (Å²) in [4.78, 5) is 29.9. The van der Waals surface area contributed by atoms with Crippen LogP contribution in [0.5, 0.6) is 0 Å². The molecule has 2 N–H and O–H groups in total. The van der Waals surface area contributed by atoms with Crippen LogP contribution in [0.1, 0.15) is 0 Å². The quantitative estimate of drug-likeness (QED) is 0.656. The summed E-state index contributed by atoms with van der Waals surface area (Å²) in [6.07, 6.45) is 0. The van der Waals surface area contributed by atoms with Crippen molar-refractivity contribution in [1.82, 2.24) is 9.88 Å². The maximum atomic E-state index is 12.2. The van der Waals surface area contributed by atoms with E-state index in [1.165, 1.54) is 23.3 Å². The highest BCUT2D eigenvalue weighted by Gasteiger charge is 2.15.